The molecule has 0 aromatic rings. The van der Waals surface area contributed by atoms with Gasteiger partial charge in [0.1, 0.15) is 0 Å². The Morgan fingerprint density at radius 3 is 2.57 bits per heavy atom. The minimum atomic E-state index is 0.255. The van der Waals surface area contributed by atoms with E-state index in [9.17, 15) is 0 Å². The molecule has 0 atom stereocenters. The minimum absolute atomic E-state index is 0.255. The summed E-state index contributed by atoms with van der Waals surface area (Å²) in [4.78, 5) is 4.70. The first kappa shape index (κ1) is 16.6. The minimum Gasteiger partial charge on any atom is -0.380 e. The molecule has 0 radical (unpaired) electrons. The zero-order valence-electron chi connectivity index (χ0n) is 13.9. The van der Waals surface area contributed by atoms with E-state index in [1.54, 1.807) is 0 Å². The van der Waals surface area contributed by atoms with E-state index in [0.717, 1.165) is 44.7 Å². The molecule has 2 N–H and O–H groups in total. The summed E-state index contributed by atoms with van der Waals surface area (Å²) >= 11 is 0. The summed E-state index contributed by atoms with van der Waals surface area (Å²) in [7, 11) is 0. The van der Waals surface area contributed by atoms with Gasteiger partial charge in [0.15, 0.2) is 5.96 Å². The van der Waals surface area contributed by atoms with Crippen molar-refractivity contribution >= 4 is 5.96 Å². The molecule has 0 unspecified atom stereocenters. The highest BCUT2D eigenvalue weighted by Gasteiger charge is 2.33. The van der Waals surface area contributed by atoms with Crippen LogP contribution in [-0.2, 0) is 4.74 Å². The third-order valence-corrected chi connectivity index (χ3v) is 4.67. The van der Waals surface area contributed by atoms with Gasteiger partial charge in [-0.25, -0.2) is 0 Å². The highest BCUT2D eigenvalue weighted by molar-refractivity contribution is 5.79. The fourth-order valence-electron chi connectivity index (χ4n) is 3.22. The lowest BCUT2D eigenvalue weighted by molar-refractivity contribution is -0.0945. The molecule has 2 fully saturated rings. The molecule has 0 amide bonds. The number of hydrogen-bond acceptors (Lipinski definition) is 2. The van der Waals surface area contributed by atoms with Gasteiger partial charge in [0, 0.05) is 18.5 Å². The highest BCUT2D eigenvalue weighted by Crippen LogP contribution is 2.28. The molecule has 2 rings (SSSR count). The third kappa shape index (κ3) is 5.85. The first-order valence-corrected chi connectivity index (χ1v) is 8.82. The molecule has 4 heteroatoms. The van der Waals surface area contributed by atoms with Gasteiger partial charge in [0.25, 0.3) is 0 Å². The average Bonchev–Trinajstić information content (AvgIpc) is 2.95. The molecule has 21 heavy (non-hydrogen) atoms. The lowest BCUT2D eigenvalue weighted by Crippen LogP contribution is -2.44. The van der Waals surface area contributed by atoms with Crippen molar-refractivity contribution in [2.75, 3.05) is 32.8 Å². The van der Waals surface area contributed by atoms with Gasteiger partial charge in [-0.2, -0.15) is 0 Å². The van der Waals surface area contributed by atoms with Crippen LogP contribution in [-0.4, -0.2) is 38.8 Å². The topological polar surface area (TPSA) is 45.7 Å². The Morgan fingerprint density at radius 1 is 1.19 bits per heavy atom. The van der Waals surface area contributed by atoms with Gasteiger partial charge in [-0.3, -0.25) is 4.99 Å². The normalized spacial score (nSPS) is 22.1. The van der Waals surface area contributed by atoms with Gasteiger partial charge in [0.2, 0.25) is 0 Å². The first-order valence-electron chi connectivity index (χ1n) is 8.82. The fraction of sp³-hybridized carbons (Fsp3) is 0.941. The molecule has 0 aromatic heterocycles. The molecule has 1 saturated heterocycles. The largest absolute Gasteiger partial charge is 0.380 e. The molecule has 1 heterocycles. The number of aliphatic imine (C=N–C) groups is 1. The Morgan fingerprint density at radius 2 is 1.95 bits per heavy atom. The second kappa shape index (κ2) is 8.62. The molecular weight excluding hydrogens is 262 g/mol. The van der Waals surface area contributed by atoms with Crippen molar-refractivity contribution < 1.29 is 4.74 Å². The Hall–Kier alpha value is -0.770. The average molecular weight is 295 g/mol. The molecule has 0 bridgehead atoms. The second-order valence-electron chi connectivity index (χ2n) is 7.07. The van der Waals surface area contributed by atoms with Crippen molar-refractivity contribution in [3.8, 4) is 0 Å². The van der Waals surface area contributed by atoms with Gasteiger partial charge >= 0.3 is 0 Å². The van der Waals surface area contributed by atoms with E-state index in [4.69, 9.17) is 9.73 Å². The molecule has 1 aliphatic heterocycles. The highest BCUT2D eigenvalue weighted by atomic mass is 16.5. The van der Waals surface area contributed by atoms with Crippen LogP contribution in [0.5, 0.6) is 0 Å². The quantitative estimate of drug-likeness (QED) is 0.411. The molecule has 0 aromatic carbocycles. The van der Waals surface area contributed by atoms with E-state index in [2.05, 4.69) is 24.5 Å². The van der Waals surface area contributed by atoms with Crippen LogP contribution in [0.15, 0.2) is 4.99 Å². The lowest BCUT2D eigenvalue weighted by Gasteiger charge is -2.36. The van der Waals surface area contributed by atoms with Crippen molar-refractivity contribution in [3.05, 3.63) is 0 Å². The number of nitrogens with zero attached hydrogens (tertiary/aromatic N) is 1. The van der Waals surface area contributed by atoms with E-state index >= 15 is 0 Å². The Balaban J connectivity index is 1.59. The molecule has 1 saturated carbocycles. The predicted molar refractivity (Wildman–Crippen MR) is 88.7 cm³/mol. The molecule has 2 aliphatic rings. The van der Waals surface area contributed by atoms with E-state index in [1.807, 2.05) is 0 Å². The maximum Gasteiger partial charge on any atom is 0.191 e. The maximum atomic E-state index is 5.28. The number of nitrogens with one attached hydrogen (secondary N) is 2. The summed E-state index contributed by atoms with van der Waals surface area (Å²) in [5, 5.41) is 6.80. The van der Waals surface area contributed by atoms with E-state index in [1.165, 1.54) is 44.9 Å². The second-order valence-corrected chi connectivity index (χ2v) is 7.07. The van der Waals surface area contributed by atoms with Gasteiger partial charge in [-0.05, 0) is 19.3 Å². The van der Waals surface area contributed by atoms with Crippen molar-refractivity contribution in [3.63, 3.8) is 0 Å². The first-order chi connectivity index (χ1) is 10.2. The Kier molecular flexibility index (Phi) is 6.81. The van der Waals surface area contributed by atoms with Crippen molar-refractivity contribution in [1.82, 2.24) is 10.6 Å². The summed E-state index contributed by atoms with van der Waals surface area (Å²) in [6, 6.07) is 0. The Labute approximate surface area is 130 Å². The zero-order chi connectivity index (χ0) is 15.0. The van der Waals surface area contributed by atoms with Crippen LogP contribution in [0.4, 0.5) is 0 Å². The number of guanidine groups is 1. The van der Waals surface area contributed by atoms with Gasteiger partial charge < -0.3 is 15.4 Å². The summed E-state index contributed by atoms with van der Waals surface area (Å²) < 4.78 is 5.28. The van der Waals surface area contributed by atoms with Crippen LogP contribution in [0, 0.1) is 11.3 Å². The standard InChI is InChI=1S/C17H33N3O/c1-3-18-16(20-12-17(2)13-21-14-17)19-11-7-6-10-15-8-4-5-9-15/h15H,3-14H2,1-2H3,(H2,18,19,20). The molecule has 1 aliphatic carbocycles. The zero-order valence-corrected chi connectivity index (χ0v) is 13.9. The molecule has 4 nitrogen and oxygen atoms in total. The van der Waals surface area contributed by atoms with Crippen molar-refractivity contribution in [2.24, 2.45) is 16.3 Å². The molecule has 0 spiro atoms. The monoisotopic (exact) mass is 295 g/mol. The van der Waals surface area contributed by atoms with Crippen molar-refractivity contribution in [1.29, 1.82) is 0 Å². The molecular formula is C17H33N3O. The number of unbranched alkanes of at least 4 members (excludes halogenated alkanes) is 1. The third-order valence-electron chi connectivity index (χ3n) is 4.67. The summed E-state index contributed by atoms with van der Waals surface area (Å²) in [6.07, 6.45) is 9.89. The number of rotatable bonds is 8. The maximum absolute atomic E-state index is 5.28. The predicted octanol–water partition coefficient (Wildman–Crippen LogP) is 2.94. The van der Waals surface area contributed by atoms with Gasteiger partial charge in [0.05, 0.1) is 19.8 Å². The number of hydrogen-bond donors (Lipinski definition) is 2. The van der Waals surface area contributed by atoms with Crippen LogP contribution < -0.4 is 10.6 Å². The molecule has 122 valence electrons. The summed E-state index contributed by atoms with van der Waals surface area (Å²) in [5.41, 5.74) is 0.255. The van der Waals surface area contributed by atoms with Crippen LogP contribution in [0.25, 0.3) is 0 Å². The Bertz CT molecular complexity index is 320. The number of ether oxygens (including phenoxy) is 1. The van der Waals surface area contributed by atoms with E-state index in [0.29, 0.717) is 0 Å². The van der Waals surface area contributed by atoms with Crippen LogP contribution >= 0.6 is 0 Å². The van der Waals surface area contributed by atoms with Crippen LogP contribution in [0.3, 0.4) is 0 Å². The fourth-order valence-corrected chi connectivity index (χ4v) is 3.22. The smallest absolute Gasteiger partial charge is 0.191 e. The van der Waals surface area contributed by atoms with E-state index in [-0.39, 0.29) is 5.41 Å². The van der Waals surface area contributed by atoms with Gasteiger partial charge in [-0.1, -0.05) is 45.4 Å². The van der Waals surface area contributed by atoms with E-state index < -0.39 is 0 Å². The van der Waals surface area contributed by atoms with Crippen LogP contribution in [0.1, 0.15) is 58.8 Å². The van der Waals surface area contributed by atoms with Crippen molar-refractivity contribution in [2.45, 2.75) is 58.8 Å². The lowest BCUT2D eigenvalue weighted by atomic mass is 9.89. The summed E-state index contributed by atoms with van der Waals surface area (Å²) in [6.45, 7) is 8.85. The van der Waals surface area contributed by atoms with Gasteiger partial charge in [-0.15, -0.1) is 0 Å². The SMILES string of the molecule is CCNC(=NCC1(C)COC1)NCCCCC1CCCC1. The van der Waals surface area contributed by atoms with Crippen LogP contribution in [0.2, 0.25) is 0 Å². The summed E-state index contributed by atoms with van der Waals surface area (Å²) in [5.74, 6) is 1.98.